The smallest absolute Gasteiger partial charge is 0.174 e. The summed E-state index contributed by atoms with van der Waals surface area (Å²) in [6, 6.07) is 3.95. The highest BCUT2D eigenvalue weighted by atomic mass is 79.9. The lowest BCUT2D eigenvalue weighted by Gasteiger charge is -2.16. The molecule has 1 aliphatic carbocycles. The molecule has 1 aromatic carbocycles. The largest absolute Gasteiger partial charge is 0.493 e. The van der Waals surface area contributed by atoms with Crippen LogP contribution in [-0.4, -0.2) is 31.5 Å². The predicted molar refractivity (Wildman–Crippen MR) is 73.1 cm³/mol. The van der Waals surface area contributed by atoms with E-state index in [9.17, 15) is 5.11 Å². The number of nitrogens with one attached hydrogen (secondary N) is 1. The van der Waals surface area contributed by atoms with E-state index in [0.29, 0.717) is 18.0 Å². The van der Waals surface area contributed by atoms with E-state index >= 15 is 0 Å². The first-order valence-electron chi connectivity index (χ1n) is 5.90. The van der Waals surface area contributed by atoms with Crippen LogP contribution in [0.2, 0.25) is 0 Å². The molecule has 0 saturated heterocycles. The lowest BCUT2D eigenvalue weighted by Crippen LogP contribution is -2.34. The Morgan fingerprint density at radius 2 is 2.06 bits per heavy atom. The maximum atomic E-state index is 9.26. The topological polar surface area (TPSA) is 50.7 Å². The Kier molecular flexibility index (Phi) is 4.14. The third-order valence-electron chi connectivity index (χ3n) is 3.32. The zero-order valence-corrected chi connectivity index (χ0v) is 12.2. The molecule has 0 aromatic heterocycles. The van der Waals surface area contributed by atoms with E-state index in [2.05, 4.69) is 21.2 Å². The summed E-state index contributed by atoms with van der Waals surface area (Å²) in [5, 5.41) is 12.6. The monoisotopic (exact) mass is 315 g/mol. The second kappa shape index (κ2) is 5.47. The summed E-state index contributed by atoms with van der Waals surface area (Å²) in [5.41, 5.74) is 1.04. The molecule has 1 aromatic rings. The number of hydrogen-bond acceptors (Lipinski definition) is 4. The Bertz CT molecular complexity index is 432. The van der Waals surface area contributed by atoms with E-state index < -0.39 is 0 Å². The summed E-state index contributed by atoms with van der Waals surface area (Å²) >= 11 is 3.47. The first-order valence-corrected chi connectivity index (χ1v) is 6.70. The van der Waals surface area contributed by atoms with Crippen LogP contribution in [-0.2, 0) is 6.54 Å². The number of aliphatic hydroxyl groups is 1. The second-order valence-electron chi connectivity index (χ2n) is 4.61. The molecule has 1 saturated carbocycles. The molecule has 4 nitrogen and oxygen atoms in total. The quantitative estimate of drug-likeness (QED) is 0.844. The molecule has 0 heterocycles. The van der Waals surface area contributed by atoms with Crippen molar-refractivity contribution in [1.82, 2.24) is 5.32 Å². The first-order chi connectivity index (χ1) is 8.64. The molecule has 0 unspecified atom stereocenters. The van der Waals surface area contributed by atoms with Crippen molar-refractivity contribution in [1.29, 1.82) is 0 Å². The van der Waals surface area contributed by atoms with Gasteiger partial charge in [0.15, 0.2) is 11.5 Å². The summed E-state index contributed by atoms with van der Waals surface area (Å²) < 4.78 is 11.4. The molecule has 0 spiro atoms. The Labute approximate surface area is 115 Å². The maximum absolute atomic E-state index is 9.26. The normalized spacial score (nSPS) is 16.4. The van der Waals surface area contributed by atoms with Gasteiger partial charge in [-0.3, -0.25) is 0 Å². The lowest BCUT2D eigenvalue weighted by atomic mass is 10.1. The Balaban J connectivity index is 2.11. The van der Waals surface area contributed by atoms with Gasteiger partial charge < -0.3 is 19.9 Å². The highest BCUT2D eigenvalue weighted by molar-refractivity contribution is 9.10. The third-order valence-corrected chi connectivity index (χ3v) is 3.91. The van der Waals surface area contributed by atoms with Crippen LogP contribution < -0.4 is 14.8 Å². The minimum atomic E-state index is -0.0559. The van der Waals surface area contributed by atoms with E-state index in [1.54, 1.807) is 14.2 Å². The molecule has 0 bridgehead atoms. The Morgan fingerprint density at radius 3 is 2.56 bits per heavy atom. The van der Waals surface area contributed by atoms with Gasteiger partial charge in [-0.2, -0.15) is 0 Å². The SMILES string of the molecule is COc1cc(CNC2(CO)CC2)cc(Br)c1OC. The maximum Gasteiger partial charge on any atom is 0.174 e. The van der Waals surface area contributed by atoms with Crippen molar-refractivity contribution in [2.45, 2.75) is 24.9 Å². The summed E-state index contributed by atoms with van der Waals surface area (Å²) in [6.07, 6.45) is 2.08. The summed E-state index contributed by atoms with van der Waals surface area (Å²) in [6.45, 7) is 0.904. The van der Waals surface area contributed by atoms with Crippen LogP contribution in [0.15, 0.2) is 16.6 Å². The molecular formula is C13H18BrNO3. The standard InChI is InChI=1S/C13H18BrNO3/c1-17-11-6-9(5-10(14)12(11)18-2)7-15-13(8-16)3-4-13/h5-6,15-16H,3-4,7-8H2,1-2H3. The van der Waals surface area contributed by atoms with E-state index in [4.69, 9.17) is 9.47 Å². The molecular weight excluding hydrogens is 298 g/mol. The van der Waals surface area contributed by atoms with Gasteiger partial charge in [-0.25, -0.2) is 0 Å². The molecule has 0 atom stereocenters. The van der Waals surface area contributed by atoms with Crippen LogP contribution in [0.25, 0.3) is 0 Å². The molecule has 2 rings (SSSR count). The summed E-state index contributed by atoms with van der Waals surface area (Å²) in [7, 11) is 3.24. The van der Waals surface area contributed by atoms with Crippen molar-refractivity contribution in [3.8, 4) is 11.5 Å². The zero-order valence-electron chi connectivity index (χ0n) is 10.6. The van der Waals surface area contributed by atoms with Crippen molar-refractivity contribution in [3.63, 3.8) is 0 Å². The molecule has 0 amide bonds. The van der Waals surface area contributed by atoms with Crippen LogP contribution in [0.1, 0.15) is 18.4 Å². The van der Waals surface area contributed by atoms with Gasteiger partial charge in [0.1, 0.15) is 0 Å². The minimum absolute atomic E-state index is 0.0559. The average Bonchev–Trinajstić information content (AvgIpc) is 3.16. The number of hydrogen-bond donors (Lipinski definition) is 2. The molecule has 2 N–H and O–H groups in total. The van der Waals surface area contributed by atoms with Crippen LogP contribution in [0.3, 0.4) is 0 Å². The van der Waals surface area contributed by atoms with Crippen molar-refractivity contribution in [3.05, 3.63) is 22.2 Å². The average molecular weight is 316 g/mol. The number of benzene rings is 1. The fourth-order valence-electron chi connectivity index (χ4n) is 1.90. The van der Waals surface area contributed by atoms with Gasteiger partial charge in [-0.15, -0.1) is 0 Å². The Hall–Kier alpha value is -0.780. The molecule has 18 heavy (non-hydrogen) atoms. The second-order valence-corrected chi connectivity index (χ2v) is 5.46. The van der Waals surface area contributed by atoms with Crippen molar-refractivity contribution in [2.75, 3.05) is 20.8 Å². The van der Waals surface area contributed by atoms with Gasteiger partial charge in [0.2, 0.25) is 0 Å². The number of methoxy groups -OCH3 is 2. The third kappa shape index (κ3) is 2.79. The molecule has 0 radical (unpaired) electrons. The van der Waals surface area contributed by atoms with Crippen molar-refractivity contribution >= 4 is 15.9 Å². The summed E-state index contributed by atoms with van der Waals surface area (Å²) in [4.78, 5) is 0. The van der Waals surface area contributed by atoms with Crippen molar-refractivity contribution in [2.24, 2.45) is 0 Å². The number of ether oxygens (including phenoxy) is 2. The van der Waals surface area contributed by atoms with Crippen LogP contribution in [0.4, 0.5) is 0 Å². The number of rotatable bonds is 6. The van der Waals surface area contributed by atoms with E-state index in [1.165, 1.54) is 0 Å². The summed E-state index contributed by atoms with van der Waals surface area (Å²) in [5.74, 6) is 1.40. The van der Waals surface area contributed by atoms with Gasteiger partial charge in [0.05, 0.1) is 25.3 Å². The fraction of sp³-hybridized carbons (Fsp3) is 0.538. The van der Waals surface area contributed by atoms with E-state index in [0.717, 1.165) is 22.9 Å². The van der Waals surface area contributed by atoms with Gasteiger partial charge in [0.25, 0.3) is 0 Å². The zero-order chi connectivity index (χ0) is 13.2. The van der Waals surface area contributed by atoms with Gasteiger partial charge >= 0.3 is 0 Å². The van der Waals surface area contributed by atoms with Gasteiger partial charge in [-0.05, 0) is 46.5 Å². The molecule has 1 fully saturated rings. The molecule has 0 aliphatic heterocycles. The first kappa shape index (κ1) is 13.6. The van der Waals surface area contributed by atoms with Crippen LogP contribution in [0.5, 0.6) is 11.5 Å². The van der Waals surface area contributed by atoms with Gasteiger partial charge in [-0.1, -0.05) is 0 Å². The van der Waals surface area contributed by atoms with Crippen LogP contribution in [0, 0.1) is 0 Å². The van der Waals surface area contributed by atoms with Crippen LogP contribution >= 0.6 is 15.9 Å². The molecule has 5 heteroatoms. The predicted octanol–water partition coefficient (Wildman–Crippen LogP) is 2.08. The molecule has 1 aliphatic rings. The lowest BCUT2D eigenvalue weighted by molar-refractivity contribution is 0.229. The van der Waals surface area contributed by atoms with E-state index in [-0.39, 0.29) is 12.1 Å². The number of halogens is 1. The minimum Gasteiger partial charge on any atom is -0.493 e. The van der Waals surface area contributed by atoms with E-state index in [1.807, 2.05) is 12.1 Å². The fourth-order valence-corrected chi connectivity index (χ4v) is 2.56. The number of aliphatic hydroxyl groups excluding tert-OH is 1. The highest BCUT2D eigenvalue weighted by Crippen LogP contribution is 2.38. The Morgan fingerprint density at radius 1 is 1.33 bits per heavy atom. The highest BCUT2D eigenvalue weighted by Gasteiger charge is 2.41. The van der Waals surface area contributed by atoms with Gasteiger partial charge in [0, 0.05) is 12.1 Å². The van der Waals surface area contributed by atoms with Crippen molar-refractivity contribution < 1.29 is 14.6 Å². The molecule has 100 valence electrons.